The maximum atomic E-state index is 11.3. The Labute approximate surface area is 98.8 Å². The van der Waals surface area contributed by atoms with Gasteiger partial charge in [-0.3, -0.25) is 4.79 Å². The van der Waals surface area contributed by atoms with Crippen LogP contribution in [0.2, 0.25) is 0 Å². The van der Waals surface area contributed by atoms with E-state index in [9.17, 15) is 14.4 Å². The van der Waals surface area contributed by atoms with Crippen molar-refractivity contribution in [3.63, 3.8) is 0 Å². The molecule has 0 bridgehead atoms. The van der Waals surface area contributed by atoms with Gasteiger partial charge in [0.1, 0.15) is 11.6 Å². The van der Waals surface area contributed by atoms with Gasteiger partial charge in [0.2, 0.25) is 0 Å². The Morgan fingerprint density at radius 1 is 1.24 bits per heavy atom. The van der Waals surface area contributed by atoms with Gasteiger partial charge < -0.3 is 20.3 Å². The number of hydrogen-bond acceptors (Lipinski definition) is 4. The second-order valence-electron chi connectivity index (χ2n) is 4.47. The number of amides is 1. The lowest BCUT2D eigenvalue weighted by Crippen LogP contribution is -2.43. The quantitative estimate of drug-likeness (QED) is 0.621. The summed E-state index contributed by atoms with van der Waals surface area (Å²) >= 11 is 0. The van der Waals surface area contributed by atoms with E-state index >= 15 is 0 Å². The number of alkyl carbamates (subject to hydrolysis) is 1. The van der Waals surface area contributed by atoms with E-state index in [2.05, 4.69) is 5.32 Å². The largest absolute Gasteiger partial charge is 0.481 e. The SMILES string of the molecule is CC(C)(C)OC(=O)NC(CCC(=O)O)[13C](=O)O. The van der Waals surface area contributed by atoms with Crippen LogP contribution >= 0.6 is 0 Å². The van der Waals surface area contributed by atoms with E-state index in [1.165, 1.54) is 0 Å². The van der Waals surface area contributed by atoms with E-state index in [1.54, 1.807) is 20.8 Å². The van der Waals surface area contributed by atoms with Crippen molar-refractivity contribution in [3.05, 3.63) is 0 Å². The van der Waals surface area contributed by atoms with Gasteiger partial charge in [-0.2, -0.15) is 0 Å². The number of nitrogens with one attached hydrogen (secondary N) is 1. The molecule has 0 saturated carbocycles. The lowest BCUT2D eigenvalue weighted by Gasteiger charge is -2.21. The predicted molar refractivity (Wildman–Crippen MR) is 57.7 cm³/mol. The molecule has 17 heavy (non-hydrogen) atoms. The minimum atomic E-state index is -1.29. The van der Waals surface area contributed by atoms with Crippen molar-refractivity contribution in [1.82, 2.24) is 5.32 Å². The summed E-state index contributed by atoms with van der Waals surface area (Å²) in [6.45, 7) is 4.92. The van der Waals surface area contributed by atoms with Gasteiger partial charge in [0, 0.05) is 6.42 Å². The lowest BCUT2D eigenvalue weighted by atomic mass is 10.2. The second-order valence-corrected chi connectivity index (χ2v) is 4.47. The molecule has 7 nitrogen and oxygen atoms in total. The molecule has 0 heterocycles. The summed E-state index contributed by atoms with van der Waals surface area (Å²) in [7, 11) is 0. The third kappa shape index (κ3) is 8.06. The molecule has 0 fully saturated rings. The molecule has 0 aromatic heterocycles. The molecule has 0 aliphatic heterocycles. The Balaban J connectivity index is 4.30. The maximum Gasteiger partial charge on any atom is 0.408 e. The number of hydrogen-bond donors (Lipinski definition) is 3. The standard InChI is InChI=1S/C10H17NO6/c1-10(2,3)17-9(16)11-6(8(14)15)4-5-7(12)13/h6H,4-5H2,1-3H3,(H,11,16)(H,12,13)(H,14,15)/i8+1. The summed E-state index contributed by atoms with van der Waals surface area (Å²) in [6.07, 6.45) is -1.41. The number of ether oxygens (including phenoxy) is 1. The summed E-state index contributed by atoms with van der Waals surface area (Å²) in [4.78, 5) is 32.3. The first-order valence-electron chi connectivity index (χ1n) is 5.06. The summed E-state index contributed by atoms with van der Waals surface area (Å²) in [5.41, 5.74) is -0.736. The summed E-state index contributed by atoms with van der Waals surface area (Å²) in [5, 5.41) is 19.3. The fraction of sp³-hybridized carbons (Fsp3) is 0.700. The molecule has 98 valence electrons. The number of carboxylic acids is 2. The molecular formula is C10H17NO6. The van der Waals surface area contributed by atoms with Gasteiger partial charge in [-0.15, -0.1) is 0 Å². The first kappa shape index (κ1) is 15.2. The smallest absolute Gasteiger partial charge is 0.408 e. The number of aliphatic carboxylic acids is 2. The molecule has 0 aliphatic carbocycles. The highest BCUT2D eigenvalue weighted by molar-refractivity contribution is 5.80. The van der Waals surface area contributed by atoms with E-state index in [4.69, 9.17) is 14.9 Å². The second kappa shape index (κ2) is 6.07. The molecule has 1 unspecified atom stereocenters. The molecule has 0 aliphatic rings. The fourth-order valence-electron chi connectivity index (χ4n) is 0.975. The van der Waals surface area contributed by atoms with Crippen LogP contribution in [0.4, 0.5) is 4.79 Å². The van der Waals surface area contributed by atoms with Crippen molar-refractivity contribution >= 4 is 18.0 Å². The van der Waals surface area contributed by atoms with Gasteiger partial charge in [-0.05, 0) is 27.2 Å². The molecule has 0 aromatic rings. The van der Waals surface area contributed by atoms with Crippen LogP contribution in [0.25, 0.3) is 0 Å². The van der Waals surface area contributed by atoms with Gasteiger partial charge in [-0.1, -0.05) is 0 Å². The topological polar surface area (TPSA) is 113 Å². The molecule has 7 heteroatoms. The minimum Gasteiger partial charge on any atom is -0.481 e. The van der Waals surface area contributed by atoms with Crippen LogP contribution in [0, 0.1) is 0 Å². The fourth-order valence-corrected chi connectivity index (χ4v) is 0.975. The van der Waals surface area contributed by atoms with E-state index < -0.39 is 29.7 Å². The third-order valence-corrected chi connectivity index (χ3v) is 1.64. The number of carbonyl (C=O) groups excluding carboxylic acids is 1. The number of carbonyl (C=O) groups is 3. The Hall–Kier alpha value is -1.79. The third-order valence-electron chi connectivity index (χ3n) is 1.64. The normalized spacial score (nSPS) is 12.6. The van der Waals surface area contributed by atoms with Crippen LogP contribution in [0.5, 0.6) is 0 Å². The monoisotopic (exact) mass is 248 g/mol. The Bertz CT molecular complexity index is 306. The molecular weight excluding hydrogens is 231 g/mol. The Morgan fingerprint density at radius 3 is 2.12 bits per heavy atom. The highest BCUT2D eigenvalue weighted by atomic mass is 16.6. The lowest BCUT2D eigenvalue weighted by molar-refractivity contribution is -0.140. The predicted octanol–water partition coefficient (Wildman–Crippen LogP) is 0.829. The first-order chi connectivity index (χ1) is 7.61. The zero-order valence-electron chi connectivity index (χ0n) is 10.0. The van der Waals surface area contributed by atoms with E-state index in [0.29, 0.717) is 0 Å². The average molecular weight is 248 g/mol. The van der Waals surface area contributed by atoms with Crippen molar-refractivity contribution in [2.75, 3.05) is 0 Å². The van der Waals surface area contributed by atoms with Gasteiger partial charge in [-0.25, -0.2) is 9.59 Å². The van der Waals surface area contributed by atoms with Gasteiger partial charge in [0.05, 0.1) is 0 Å². The molecule has 1 atom stereocenters. The van der Waals surface area contributed by atoms with Crippen LogP contribution in [-0.2, 0) is 14.3 Å². The van der Waals surface area contributed by atoms with Gasteiger partial charge in [0.25, 0.3) is 0 Å². The van der Waals surface area contributed by atoms with Crippen molar-refractivity contribution in [2.45, 2.75) is 45.3 Å². The first-order valence-corrected chi connectivity index (χ1v) is 5.06. The van der Waals surface area contributed by atoms with Crippen LogP contribution in [-0.4, -0.2) is 39.9 Å². The van der Waals surface area contributed by atoms with E-state index in [1.807, 2.05) is 0 Å². The summed E-state index contributed by atoms with van der Waals surface area (Å²) in [6, 6.07) is -1.26. The molecule has 0 aromatic carbocycles. The van der Waals surface area contributed by atoms with Crippen LogP contribution in [0.15, 0.2) is 0 Å². The average Bonchev–Trinajstić information content (AvgIpc) is 2.08. The van der Waals surface area contributed by atoms with Gasteiger partial charge in [0.15, 0.2) is 0 Å². The van der Waals surface area contributed by atoms with E-state index in [-0.39, 0.29) is 12.8 Å². The zero-order chi connectivity index (χ0) is 13.6. The molecule has 0 spiro atoms. The summed E-state index contributed by atoms with van der Waals surface area (Å²) < 4.78 is 4.86. The van der Waals surface area contributed by atoms with Crippen molar-refractivity contribution in [2.24, 2.45) is 0 Å². The van der Waals surface area contributed by atoms with Crippen LogP contribution in [0.3, 0.4) is 0 Å². The highest BCUT2D eigenvalue weighted by Crippen LogP contribution is 2.07. The molecule has 0 saturated heterocycles. The van der Waals surface area contributed by atoms with E-state index in [0.717, 1.165) is 0 Å². The van der Waals surface area contributed by atoms with Crippen LogP contribution in [0.1, 0.15) is 33.6 Å². The van der Waals surface area contributed by atoms with Gasteiger partial charge >= 0.3 is 18.0 Å². The molecule has 0 radical (unpaired) electrons. The van der Waals surface area contributed by atoms with Crippen molar-refractivity contribution in [1.29, 1.82) is 0 Å². The Morgan fingerprint density at radius 2 is 1.76 bits per heavy atom. The minimum absolute atomic E-state index is 0.191. The highest BCUT2D eigenvalue weighted by Gasteiger charge is 2.24. The molecule has 1 amide bonds. The summed E-state index contributed by atoms with van der Waals surface area (Å²) in [5.74, 6) is -2.42. The van der Waals surface area contributed by atoms with Crippen LogP contribution < -0.4 is 5.32 Å². The maximum absolute atomic E-state index is 11.3. The number of carboxylic acid groups (broad SMARTS) is 2. The molecule has 3 N–H and O–H groups in total. The molecule has 0 rings (SSSR count). The Kier molecular flexibility index (Phi) is 5.43. The van der Waals surface area contributed by atoms with Crippen molar-refractivity contribution in [3.8, 4) is 0 Å². The van der Waals surface area contributed by atoms with Crippen molar-refractivity contribution < 1.29 is 29.3 Å². The zero-order valence-corrected chi connectivity index (χ0v) is 10.0. The number of rotatable bonds is 5.